The average molecular weight is 832 g/mol. The van der Waals surface area contributed by atoms with Crippen LogP contribution in [0.3, 0.4) is 0 Å². The van der Waals surface area contributed by atoms with Gasteiger partial charge >= 0.3 is 0 Å². The molecule has 2 nitrogen and oxygen atoms in total. The summed E-state index contributed by atoms with van der Waals surface area (Å²) in [6, 6.07) is 61.5. The Balaban J connectivity index is 1.23. The van der Waals surface area contributed by atoms with Crippen LogP contribution < -0.4 is 20.5 Å². The molecule has 1 aromatic heterocycles. The first-order chi connectivity index (χ1) is 30.3. The van der Waals surface area contributed by atoms with Gasteiger partial charge in [0.25, 0.3) is 0 Å². The van der Waals surface area contributed by atoms with Crippen LogP contribution in [0.5, 0.6) is 0 Å². The summed E-state index contributed by atoms with van der Waals surface area (Å²) in [5, 5.41) is 7.74. The van der Waals surface area contributed by atoms with Crippen LogP contribution in [0.4, 0.5) is 28.4 Å². The Bertz CT molecular complexity index is 3270. The molecule has 1 aliphatic heterocycles. The highest BCUT2D eigenvalue weighted by molar-refractivity contribution is 7.29. The number of anilines is 5. The zero-order valence-electron chi connectivity index (χ0n) is 37.5. The topological polar surface area (TPSA) is 15.3 Å². The van der Waals surface area contributed by atoms with E-state index in [0.717, 1.165) is 11.4 Å². The first-order valence-corrected chi connectivity index (χ1v) is 23.2. The van der Waals surface area contributed by atoms with Crippen molar-refractivity contribution in [1.82, 2.24) is 0 Å². The average Bonchev–Trinajstić information content (AvgIpc) is 3.75. The molecule has 9 aromatic rings. The molecule has 0 bridgehead atoms. The summed E-state index contributed by atoms with van der Waals surface area (Å²) >= 11 is 1.89. The van der Waals surface area contributed by atoms with E-state index in [1.54, 1.807) is 0 Å². The molecule has 307 valence electrons. The molecule has 0 fully saturated rings. The van der Waals surface area contributed by atoms with Gasteiger partial charge in [-0.2, -0.15) is 0 Å². The predicted molar refractivity (Wildman–Crippen MR) is 275 cm³/mol. The summed E-state index contributed by atoms with van der Waals surface area (Å²) in [4.78, 5) is 2.60. The van der Waals surface area contributed by atoms with Gasteiger partial charge in [0, 0.05) is 43.7 Å². The maximum absolute atomic E-state index is 4.02. The Labute approximate surface area is 377 Å². The van der Waals surface area contributed by atoms with Crippen molar-refractivity contribution < 1.29 is 0 Å². The maximum atomic E-state index is 4.02. The summed E-state index contributed by atoms with van der Waals surface area (Å²) in [6.45, 7) is 18.6. The van der Waals surface area contributed by atoms with Gasteiger partial charge in [-0.1, -0.05) is 171 Å². The maximum Gasteiger partial charge on any atom is 0.211 e. The number of nitrogens with zero attached hydrogens (tertiary/aromatic N) is 1. The van der Waals surface area contributed by atoms with Gasteiger partial charge in [-0.05, 0) is 125 Å². The predicted octanol–water partition coefficient (Wildman–Crippen LogP) is 15.5. The van der Waals surface area contributed by atoms with Crippen LogP contribution in [0.2, 0.25) is 0 Å². The minimum Gasteiger partial charge on any atom is -0.355 e. The van der Waals surface area contributed by atoms with Crippen molar-refractivity contribution in [3.05, 3.63) is 186 Å². The molecule has 0 saturated carbocycles. The number of hydrogen-bond acceptors (Lipinski definition) is 3. The van der Waals surface area contributed by atoms with Gasteiger partial charge < -0.3 is 10.2 Å². The summed E-state index contributed by atoms with van der Waals surface area (Å²) in [6.07, 6.45) is 0. The fraction of sp³-hybridized carbons (Fsp3) is 0.186. The fourth-order valence-corrected chi connectivity index (χ4v) is 11.3. The summed E-state index contributed by atoms with van der Waals surface area (Å²) in [5.41, 5.74) is 19.7. The van der Waals surface area contributed by atoms with Crippen molar-refractivity contribution in [2.75, 3.05) is 10.2 Å². The van der Waals surface area contributed by atoms with Crippen LogP contribution in [-0.2, 0) is 16.2 Å². The first kappa shape index (κ1) is 39.5. The standard InChI is InChI=1S/C59H52BN2S/c1-57(2,3)38-26-29-40(30-27-38)61-49-35-45-42-22-14-16-24-47(42)59(7,8)48(45)34-46(49)53-41-21-13-12-20-37(41)32-51-54(53)60-56-55(43-23-15-17-25-52(43)63-56)62(51)50-31-28-39(58(4,5)6)33-44(50)36-18-10-9-11-19-36/h9-35,61H,1-8H3. The minimum absolute atomic E-state index is 0.0171. The third-order valence-corrected chi connectivity index (χ3v) is 14.7. The van der Waals surface area contributed by atoms with Gasteiger partial charge in [0.2, 0.25) is 7.28 Å². The molecule has 4 heteroatoms. The monoisotopic (exact) mass is 831 g/mol. The molecule has 1 aliphatic carbocycles. The van der Waals surface area contributed by atoms with Gasteiger partial charge in [0.1, 0.15) is 0 Å². The Morgan fingerprint density at radius 3 is 1.97 bits per heavy atom. The van der Waals surface area contributed by atoms with Crippen LogP contribution in [0.1, 0.15) is 77.6 Å². The van der Waals surface area contributed by atoms with Crippen molar-refractivity contribution in [3.63, 3.8) is 0 Å². The highest BCUT2D eigenvalue weighted by Crippen LogP contribution is 2.54. The molecule has 0 unspecified atom stereocenters. The lowest BCUT2D eigenvalue weighted by atomic mass is 9.61. The van der Waals surface area contributed by atoms with Crippen molar-refractivity contribution in [1.29, 1.82) is 0 Å². The largest absolute Gasteiger partial charge is 0.355 e. The molecule has 0 spiro atoms. The van der Waals surface area contributed by atoms with Gasteiger partial charge in [-0.25, -0.2) is 0 Å². The molecule has 1 N–H and O–H groups in total. The molecule has 0 atom stereocenters. The van der Waals surface area contributed by atoms with Gasteiger partial charge in [-0.3, -0.25) is 0 Å². The van der Waals surface area contributed by atoms with Crippen LogP contribution in [-0.4, -0.2) is 7.28 Å². The zero-order chi connectivity index (χ0) is 43.4. The Hall–Kier alpha value is -6.36. The SMILES string of the molecule is CC(C)(C)c1ccc(Nc2cc3c(cc2-c2c4c(cc5ccccc25)N(c2ccc(C(C)(C)C)cc2-c2ccccc2)c2c(sc5ccccc25)[B]4)C(C)(C)c2ccccc2-3)cc1. The lowest BCUT2D eigenvalue weighted by Crippen LogP contribution is -2.39. The van der Waals surface area contributed by atoms with Crippen molar-refractivity contribution >= 4 is 78.2 Å². The van der Waals surface area contributed by atoms with Gasteiger partial charge in [0.15, 0.2) is 0 Å². The second kappa shape index (κ2) is 14.3. The molecule has 0 saturated heterocycles. The van der Waals surface area contributed by atoms with Crippen molar-refractivity contribution in [3.8, 4) is 33.4 Å². The van der Waals surface area contributed by atoms with E-state index in [9.17, 15) is 0 Å². The lowest BCUT2D eigenvalue weighted by Gasteiger charge is -2.36. The molecule has 63 heavy (non-hydrogen) atoms. The van der Waals surface area contributed by atoms with Crippen LogP contribution in [0, 0.1) is 0 Å². The second-order valence-electron chi connectivity index (χ2n) is 20.1. The Morgan fingerprint density at radius 2 is 1.21 bits per heavy atom. The Morgan fingerprint density at radius 1 is 0.540 bits per heavy atom. The van der Waals surface area contributed by atoms with Gasteiger partial charge in [0.05, 0.1) is 11.4 Å². The van der Waals surface area contributed by atoms with Gasteiger partial charge in [-0.15, -0.1) is 11.3 Å². The molecule has 1 radical (unpaired) electrons. The normalized spacial score (nSPS) is 13.9. The van der Waals surface area contributed by atoms with E-state index in [4.69, 9.17) is 0 Å². The van der Waals surface area contributed by atoms with E-state index >= 15 is 0 Å². The first-order valence-electron chi connectivity index (χ1n) is 22.3. The molecule has 2 heterocycles. The molecule has 2 aliphatic rings. The lowest BCUT2D eigenvalue weighted by molar-refractivity contribution is 0.590. The van der Waals surface area contributed by atoms with Crippen molar-refractivity contribution in [2.24, 2.45) is 0 Å². The van der Waals surface area contributed by atoms with E-state index < -0.39 is 0 Å². The minimum atomic E-state index is -0.175. The van der Waals surface area contributed by atoms with Crippen LogP contribution >= 0.6 is 11.3 Å². The second-order valence-corrected chi connectivity index (χ2v) is 21.2. The van der Waals surface area contributed by atoms with Crippen molar-refractivity contribution in [2.45, 2.75) is 71.6 Å². The Kier molecular flexibility index (Phi) is 8.99. The fourth-order valence-electron chi connectivity index (χ4n) is 10.2. The van der Waals surface area contributed by atoms with E-state index in [1.807, 2.05) is 11.3 Å². The van der Waals surface area contributed by atoms with E-state index in [2.05, 4.69) is 237 Å². The third kappa shape index (κ3) is 6.44. The number of nitrogens with one attached hydrogen (secondary N) is 1. The number of benzene rings is 8. The quantitative estimate of drug-likeness (QED) is 0.174. The van der Waals surface area contributed by atoms with Crippen LogP contribution in [0.25, 0.3) is 54.2 Å². The van der Waals surface area contributed by atoms with Crippen LogP contribution in [0.15, 0.2) is 164 Å². The highest BCUT2D eigenvalue weighted by Gasteiger charge is 2.38. The third-order valence-electron chi connectivity index (χ3n) is 13.6. The number of thiophene rings is 1. The van der Waals surface area contributed by atoms with E-state index in [1.165, 1.54) is 104 Å². The van der Waals surface area contributed by atoms with E-state index in [-0.39, 0.29) is 16.2 Å². The number of hydrogen-bond donors (Lipinski definition) is 1. The molecule has 0 amide bonds. The summed E-state index contributed by atoms with van der Waals surface area (Å²) in [5.74, 6) is 0. The zero-order valence-corrected chi connectivity index (χ0v) is 38.3. The summed E-state index contributed by atoms with van der Waals surface area (Å²) in [7, 11) is 2.49. The molecule has 8 aromatic carbocycles. The number of rotatable bonds is 5. The molecule has 11 rings (SSSR count). The smallest absolute Gasteiger partial charge is 0.211 e. The highest BCUT2D eigenvalue weighted by atomic mass is 32.1. The molecular formula is C59H52BN2S. The summed E-state index contributed by atoms with van der Waals surface area (Å²) < 4.78 is 2.55. The molecular weight excluding hydrogens is 780 g/mol. The van der Waals surface area contributed by atoms with E-state index in [0.29, 0.717) is 0 Å². The number of fused-ring (bicyclic) bond motifs is 8.